The van der Waals surface area contributed by atoms with Gasteiger partial charge in [0.15, 0.2) is 0 Å². The van der Waals surface area contributed by atoms with Gasteiger partial charge in [0.1, 0.15) is 0 Å². The van der Waals surface area contributed by atoms with Crippen LogP contribution in [0.25, 0.3) is 0 Å². The van der Waals surface area contributed by atoms with E-state index in [1.807, 2.05) is 7.05 Å². The number of rotatable bonds is 5. The summed E-state index contributed by atoms with van der Waals surface area (Å²) in [5, 5.41) is 6.86. The van der Waals surface area contributed by atoms with Crippen LogP contribution in [0, 0.1) is 5.92 Å². The standard InChI is InChI=1S/C10H22N2/c1-8(2)7-10(5-6-10)12-9(3)11-4/h8-9,11-12H,5-7H2,1-4H3. The molecule has 0 aromatic carbocycles. The monoisotopic (exact) mass is 170 g/mol. The zero-order valence-corrected chi connectivity index (χ0v) is 8.78. The van der Waals surface area contributed by atoms with Crippen molar-refractivity contribution in [2.24, 2.45) is 5.92 Å². The zero-order chi connectivity index (χ0) is 9.19. The Kier molecular flexibility index (Phi) is 3.13. The second-order valence-electron chi connectivity index (χ2n) is 4.53. The molecule has 1 saturated carbocycles. The van der Waals surface area contributed by atoms with Gasteiger partial charge in [-0.3, -0.25) is 5.32 Å². The van der Waals surface area contributed by atoms with Crippen LogP contribution in [-0.4, -0.2) is 18.8 Å². The highest BCUT2D eigenvalue weighted by Gasteiger charge is 2.43. The summed E-state index contributed by atoms with van der Waals surface area (Å²) in [6.45, 7) is 6.78. The lowest BCUT2D eigenvalue weighted by molar-refractivity contribution is 0.344. The molecule has 0 heterocycles. The lowest BCUT2D eigenvalue weighted by atomic mass is 10.0. The minimum absolute atomic E-state index is 0.450. The fourth-order valence-corrected chi connectivity index (χ4v) is 1.87. The van der Waals surface area contributed by atoms with E-state index in [9.17, 15) is 0 Å². The van der Waals surface area contributed by atoms with Crippen molar-refractivity contribution < 1.29 is 0 Å². The predicted molar refractivity (Wildman–Crippen MR) is 53.1 cm³/mol. The van der Waals surface area contributed by atoms with E-state index < -0.39 is 0 Å². The highest BCUT2D eigenvalue weighted by molar-refractivity contribution is 5.02. The van der Waals surface area contributed by atoms with Crippen LogP contribution in [0.5, 0.6) is 0 Å². The molecule has 72 valence electrons. The Labute approximate surface area is 76.1 Å². The third-order valence-corrected chi connectivity index (χ3v) is 2.61. The van der Waals surface area contributed by atoms with Gasteiger partial charge >= 0.3 is 0 Å². The van der Waals surface area contributed by atoms with Crippen molar-refractivity contribution in [1.29, 1.82) is 0 Å². The minimum Gasteiger partial charge on any atom is -0.305 e. The van der Waals surface area contributed by atoms with Gasteiger partial charge in [0.25, 0.3) is 0 Å². The van der Waals surface area contributed by atoms with Crippen molar-refractivity contribution >= 4 is 0 Å². The Balaban J connectivity index is 2.29. The van der Waals surface area contributed by atoms with Crippen LogP contribution in [0.1, 0.15) is 40.0 Å². The molecule has 1 fully saturated rings. The van der Waals surface area contributed by atoms with Crippen molar-refractivity contribution in [3.8, 4) is 0 Å². The molecule has 0 aromatic rings. The van der Waals surface area contributed by atoms with E-state index >= 15 is 0 Å². The van der Waals surface area contributed by atoms with Crippen LogP contribution in [-0.2, 0) is 0 Å². The van der Waals surface area contributed by atoms with Gasteiger partial charge in [-0.1, -0.05) is 13.8 Å². The SMILES string of the molecule is CNC(C)NC1(CC(C)C)CC1. The summed E-state index contributed by atoms with van der Waals surface area (Å²) in [5.41, 5.74) is 0.483. The lowest BCUT2D eigenvalue weighted by Crippen LogP contribution is -2.45. The highest BCUT2D eigenvalue weighted by Crippen LogP contribution is 2.41. The molecule has 2 N–H and O–H groups in total. The molecule has 1 rings (SSSR count). The van der Waals surface area contributed by atoms with Crippen molar-refractivity contribution in [2.75, 3.05) is 7.05 Å². The number of nitrogens with one attached hydrogen (secondary N) is 2. The van der Waals surface area contributed by atoms with Crippen LogP contribution < -0.4 is 10.6 Å². The molecule has 0 aliphatic heterocycles. The van der Waals surface area contributed by atoms with E-state index in [1.54, 1.807) is 0 Å². The van der Waals surface area contributed by atoms with Gasteiger partial charge < -0.3 is 5.32 Å². The van der Waals surface area contributed by atoms with E-state index in [-0.39, 0.29) is 0 Å². The Morgan fingerprint density at radius 3 is 2.17 bits per heavy atom. The summed E-state index contributed by atoms with van der Waals surface area (Å²) < 4.78 is 0. The van der Waals surface area contributed by atoms with Crippen LogP contribution in [0.15, 0.2) is 0 Å². The molecule has 0 radical (unpaired) electrons. The van der Waals surface area contributed by atoms with Crippen LogP contribution >= 0.6 is 0 Å². The molecule has 2 nitrogen and oxygen atoms in total. The Hall–Kier alpha value is -0.0800. The molecule has 0 aromatic heterocycles. The Morgan fingerprint density at radius 1 is 1.25 bits per heavy atom. The average Bonchev–Trinajstić information content (AvgIpc) is 2.67. The molecular weight excluding hydrogens is 148 g/mol. The first-order valence-corrected chi connectivity index (χ1v) is 5.03. The molecule has 1 unspecified atom stereocenters. The summed E-state index contributed by atoms with van der Waals surface area (Å²) in [6, 6.07) is 0. The van der Waals surface area contributed by atoms with Crippen LogP contribution in [0.4, 0.5) is 0 Å². The number of hydrogen-bond donors (Lipinski definition) is 2. The second-order valence-corrected chi connectivity index (χ2v) is 4.53. The zero-order valence-electron chi connectivity index (χ0n) is 8.78. The highest BCUT2D eigenvalue weighted by atomic mass is 15.2. The van der Waals surface area contributed by atoms with E-state index in [1.165, 1.54) is 19.3 Å². The lowest BCUT2D eigenvalue weighted by Gasteiger charge is -2.24. The van der Waals surface area contributed by atoms with Gasteiger partial charge in [0.2, 0.25) is 0 Å². The first-order valence-electron chi connectivity index (χ1n) is 5.03. The average molecular weight is 170 g/mol. The maximum Gasteiger partial charge on any atom is 0.0544 e. The largest absolute Gasteiger partial charge is 0.305 e. The predicted octanol–water partition coefficient (Wildman–Crippen LogP) is 1.72. The van der Waals surface area contributed by atoms with Gasteiger partial charge in [0.05, 0.1) is 6.17 Å². The van der Waals surface area contributed by atoms with Crippen molar-refractivity contribution in [1.82, 2.24) is 10.6 Å². The van der Waals surface area contributed by atoms with Gasteiger partial charge in [-0.2, -0.15) is 0 Å². The summed E-state index contributed by atoms with van der Waals surface area (Å²) in [4.78, 5) is 0. The van der Waals surface area contributed by atoms with Gasteiger partial charge in [0, 0.05) is 5.54 Å². The Bertz CT molecular complexity index is 139. The molecule has 0 bridgehead atoms. The number of hydrogen-bond acceptors (Lipinski definition) is 2. The minimum atomic E-state index is 0.450. The molecular formula is C10H22N2. The summed E-state index contributed by atoms with van der Waals surface area (Å²) in [6.07, 6.45) is 4.49. The Morgan fingerprint density at radius 2 is 1.83 bits per heavy atom. The molecule has 2 heteroatoms. The topological polar surface area (TPSA) is 24.1 Å². The van der Waals surface area contributed by atoms with E-state index in [0.29, 0.717) is 11.7 Å². The maximum atomic E-state index is 3.64. The maximum absolute atomic E-state index is 3.64. The molecule has 12 heavy (non-hydrogen) atoms. The second kappa shape index (κ2) is 3.75. The van der Waals surface area contributed by atoms with E-state index in [4.69, 9.17) is 0 Å². The van der Waals surface area contributed by atoms with Crippen molar-refractivity contribution in [2.45, 2.75) is 51.7 Å². The van der Waals surface area contributed by atoms with E-state index in [2.05, 4.69) is 31.4 Å². The van der Waals surface area contributed by atoms with Crippen LogP contribution in [0.2, 0.25) is 0 Å². The molecule has 0 amide bonds. The molecule has 1 aliphatic rings. The first-order chi connectivity index (χ1) is 5.58. The smallest absolute Gasteiger partial charge is 0.0544 e. The summed E-state index contributed by atoms with van der Waals surface area (Å²) in [7, 11) is 2.00. The molecule has 0 saturated heterocycles. The first kappa shape index (κ1) is 10.0. The molecule has 1 aliphatic carbocycles. The third kappa shape index (κ3) is 2.76. The van der Waals surface area contributed by atoms with Gasteiger partial charge in [-0.05, 0) is 39.2 Å². The van der Waals surface area contributed by atoms with Crippen molar-refractivity contribution in [3.05, 3.63) is 0 Å². The molecule has 0 spiro atoms. The normalized spacial score (nSPS) is 22.8. The third-order valence-electron chi connectivity index (χ3n) is 2.61. The fourth-order valence-electron chi connectivity index (χ4n) is 1.87. The van der Waals surface area contributed by atoms with Gasteiger partial charge in [-0.25, -0.2) is 0 Å². The molecule has 1 atom stereocenters. The van der Waals surface area contributed by atoms with Crippen molar-refractivity contribution in [3.63, 3.8) is 0 Å². The quantitative estimate of drug-likeness (QED) is 0.614. The van der Waals surface area contributed by atoms with Gasteiger partial charge in [-0.15, -0.1) is 0 Å². The summed E-state index contributed by atoms with van der Waals surface area (Å²) in [5.74, 6) is 0.809. The fraction of sp³-hybridized carbons (Fsp3) is 1.00. The van der Waals surface area contributed by atoms with E-state index in [0.717, 1.165) is 5.92 Å². The van der Waals surface area contributed by atoms with Crippen LogP contribution in [0.3, 0.4) is 0 Å². The summed E-state index contributed by atoms with van der Waals surface area (Å²) >= 11 is 0.